The van der Waals surface area contributed by atoms with Crippen molar-refractivity contribution in [2.45, 2.75) is 25.8 Å². The summed E-state index contributed by atoms with van der Waals surface area (Å²) < 4.78 is 5.94. The van der Waals surface area contributed by atoms with Crippen LogP contribution in [0.5, 0.6) is 5.75 Å². The first-order valence-electron chi connectivity index (χ1n) is 9.71. The Morgan fingerprint density at radius 3 is 2.66 bits per heavy atom. The first-order chi connectivity index (χ1) is 13.9. The van der Waals surface area contributed by atoms with Gasteiger partial charge in [-0.3, -0.25) is 9.28 Å². The zero-order valence-corrected chi connectivity index (χ0v) is 16.8. The molecule has 0 bridgehead atoms. The van der Waals surface area contributed by atoms with Crippen LogP contribution in [0.15, 0.2) is 30.3 Å². The molecule has 2 aliphatic heterocycles. The number of nitrogens with zero attached hydrogens (tertiary/aromatic N) is 3. The number of rotatable bonds is 4. The van der Waals surface area contributed by atoms with Crippen LogP contribution in [0.2, 0.25) is 0 Å². The number of hydrogen-bond acceptors (Lipinski definition) is 5. The molecule has 8 heteroatoms. The van der Waals surface area contributed by atoms with Crippen LogP contribution in [-0.4, -0.2) is 55.3 Å². The average Bonchev–Trinajstić information content (AvgIpc) is 3.22. The number of carbonyl (C=O) groups excluding carboxylic acids is 1. The van der Waals surface area contributed by atoms with Crippen molar-refractivity contribution >= 4 is 34.9 Å². The highest BCUT2D eigenvalue weighted by Crippen LogP contribution is 2.43. The van der Waals surface area contributed by atoms with E-state index in [2.05, 4.69) is 5.32 Å². The van der Waals surface area contributed by atoms with E-state index in [1.165, 1.54) is 19.2 Å². The van der Waals surface area contributed by atoms with E-state index in [9.17, 15) is 14.7 Å². The summed E-state index contributed by atoms with van der Waals surface area (Å²) in [5, 5.41) is 12.4. The summed E-state index contributed by atoms with van der Waals surface area (Å²) in [5.74, 6) is 1.07. The molecule has 1 spiro atoms. The third kappa shape index (κ3) is 3.00. The lowest BCUT2D eigenvalue weighted by Crippen LogP contribution is -2.63. The van der Waals surface area contributed by atoms with Crippen molar-refractivity contribution in [3.8, 4) is 5.75 Å². The number of amides is 1. The van der Waals surface area contributed by atoms with Crippen LogP contribution in [0.3, 0.4) is 0 Å². The van der Waals surface area contributed by atoms with Gasteiger partial charge < -0.3 is 20.1 Å². The van der Waals surface area contributed by atoms with Crippen molar-refractivity contribution in [3.05, 3.63) is 35.9 Å². The Balaban J connectivity index is 1.74. The Morgan fingerprint density at radius 2 is 2.00 bits per heavy atom. The number of nitrogens with one attached hydrogen (secondary N) is 1. The molecule has 1 saturated heterocycles. The minimum absolute atomic E-state index is 0.118. The summed E-state index contributed by atoms with van der Waals surface area (Å²) in [6.07, 6.45) is 2.15. The zero-order valence-electron chi connectivity index (χ0n) is 16.8. The lowest BCUT2D eigenvalue weighted by molar-refractivity contribution is -0.123. The van der Waals surface area contributed by atoms with Gasteiger partial charge >= 0.3 is 5.97 Å². The van der Waals surface area contributed by atoms with Gasteiger partial charge in [0.1, 0.15) is 17.3 Å². The molecule has 0 aliphatic carbocycles. The Morgan fingerprint density at radius 1 is 1.28 bits per heavy atom. The number of carboxylic acids is 1. The molecule has 4 rings (SSSR count). The van der Waals surface area contributed by atoms with E-state index < -0.39 is 5.97 Å². The van der Waals surface area contributed by atoms with Gasteiger partial charge in [0, 0.05) is 19.9 Å². The van der Waals surface area contributed by atoms with Gasteiger partial charge in [-0.05, 0) is 37.3 Å². The zero-order chi connectivity index (χ0) is 20.8. The maximum atomic E-state index is 12.8. The molecule has 2 aromatic rings. The van der Waals surface area contributed by atoms with Gasteiger partial charge in [-0.2, -0.15) is 4.98 Å². The number of methoxy groups -OCH3 is 1. The number of ether oxygens (including phenoxy) is 1. The highest BCUT2D eigenvalue weighted by atomic mass is 16.5. The highest BCUT2D eigenvalue weighted by Gasteiger charge is 2.51. The first-order valence-corrected chi connectivity index (χ1v) is 9.71. The number of fused-ring (bicyclic) bond motifs is 2. The van der Waals surface area contributed by atoms with Crippen LogP contribution in [0, 0.1) is 0 Å². The molecule has 1 amide bonds. The topological polar surface area (TPSA) is 91.8 Å². The van der Waals surface area contributed by atoms with Crippen molar-refractivity contribution < 1.29 is 19.4 Å². The van der Waals surface area contributed by atoms with Crippen LogP contribution >= 0.6 is 0 Å². The summed E-state index contributed by atoms with van der Waals surface area (Å²) in [6.45, 7) is 3.80. The number of carboxylic acid groups (broad SMARTS) is 1. The number of carbonyl (C=O) groups is 2. The molecule has 1 fully saturated rings. The number of aromatic carboxylic acids is 1. The first kappa shape index (κ1) is 19.2. The van der Waals surface area contributed by atoms with E-state index in [4.69, 9.17) is 9.72 Å². The monoisotopic (exact) mass is 397 g/mol. The molecule has 3 heterocycles. The van der Waals surface area contributed by atoms with Crippen LogP contribution in [-0.2, 0) is 4.79 Å². The number of anilines is 3. The number of aromatic nitrogens is 1. The van der Waals surface area contributed by atoms with Crippen molar-refractivity contribution in [2.75, 3.05) is 37.5 Å². The maximum Gasteiger partial charge on any atom is 0.335 e. The molecule has 0 saturated carbocycles. The molecule has 152 valence electrons. The number of likely N-dealkylation sites (N-methyl/N-ethyl adjacent to an activating group) is 1. The van der Waals surface area contributed by atoms with Gasteiger partial charge in [-0.1, -0.05) is 0 Å². The molecular formula is C21H25N4O4+. The third-order valence-corrected chi connectivity index (χ3v) is 6.14. The number of quaternary nitrogens is 1. The predicted octanol–water partition coefficient (Wildman–Crippen LogP) is 3.00. The van der Waals surface area contributed by atoms with E-state index in [0.29, 0.717) is 21.7 Å². The number of pyridine rings is 1. The van der Waals surface area contributed by atoms with Gasteiger partial charge in [-0.15, -0.1) is 0 Å². The molecule has 8 nitrogen and oxygen atoms in total. The summed E-state index contributed by atoms with van der Waals surface area (Å²) in [5.41, 5.74) is 1.63. The van der Waals surface area contributed by atoms with E-state index in [-0.39, 0.29) is 17.5 Å². The molecule has 0 radical (unpaired) electrons. The Bertz CT molecular complexity index is 985. The maximum absolute atomic E-state index is 12.8. The highest BCUT2D eigenvalue weighted by molar-refractivity contribution is 6.03. The van der Waals surface area contributed by atoms with Crippen molar-refractivity contribution in [2.24, 2.45) is 0 Å². The van der Waals surface area contributed by atoms with Crippen molar-refractivity contribution in [1.29, 1.82) is 0 Å². The smallest absolute Gasteiger partial charge is 0.335 e. The van der Waals surface area contributed by atoms with Gasteiger partial charge in [0.2, 0.25) is 0 Å². The molecule has 29 heavy (non-hydrogen) atoms. The Kier molecular flexibility index (Phi) is 4.66. The van der Waals surface area contributed by atoms with Gasteiger partial charge in [0.25, 0.3) is 11.7 Å². The second kappa shape index (κ2) is 7.04. The van der Waals surface area contributed by atoms with Crippen LogP contribution in [0.4, 0.5) is 23.0 Å². The molecule has 1 aromatic carbocycles. The second-order valence-corrected chi connectivity index (χ2v) is 7.65. The van der Waals surface area contributed by atoms with Gasteiger partial charge in [-0.25, -0.2) is 4.79 Å². The van der Waals surface area contributed by atoms with Gasteiger partial charge in [0.05, 0.1) is 31.5 Å². The van der Waals surface area contributed by atoms with Crippen LogP contribution < -0.4 is 19.4 Å². The SMILES string of the molecule is COc1cc(C(=O)O)ccc1Nc1ccc2c(n1)[N+]1(CCCC1)[C@H](C)C(=O)N2C. The standard InChI is InChI=1S/C21H24N4O4/c1-13-20(26)24(2)16-8-9-18(23-19(16)25(13)10-4-5-11-25)22-15-7-6-14(21(27)28)12-17(15)29-3/h6-9,12-13H,4-5,10-11H2,1-3H3,(H-,22,23,27,28)/p+1/t13-/m1/s1. The fourth-order valence-electron chi connectivity index (χ4n) is 4.46. The largest absolute Gasteiger partial charge is 0.495 e. The summed E-state index contributed by atoms with van der Waals surface area (Å²) >= 11 is 0. The molecule has 1 aromatic heterocycles. The van der Waals surface area contributed by atoms with E-state index in [1.807, 2.05) is 19.1 Å². The van der Waals surface area contributed by atoms with Crippen LogP contribution in [0.1, 0.15) is 30.1 Å². The van der Waals surface area contributed by atoms with Crippen molar-refractivity contribution in [1.82, 2.24) is 9.47 Å². The van der Waals surface area contributed by atoms with Crippen molar-refractivity contribution in [3.63, 3.8) is 0 Å². The lowest BCUT2D eigenvalue weighted by atomic mass is 10.1. The quantitative estimate of drug-likeness (QED) is 0.771. The summed E-state index contributed by atoms with van der Waals surface area (Å²) in [4.78, 5) is 30.6. The Hall–Kier alpha value is -3.13. The minimum atomic E-state index is -1.01. The second-order valence-electron chi connectivity index (χ2n) is 7.65. The van der Waals surface area contributed by atoms with E-state index in [0.717, 1.165) is 37.4 Å². The average molecular weight is 397 g/mol. The lowest BCUT2D eigenvalue weighted by Gasteiger charge is -2.44. The summed E-state index contributed by atoms with van der Waals surface area (Å²) in [7, 11) is 3.30. The molecule has 2 N–H and O–H groups in total. The molecular weight excluding hydrogens is 372 g/mol. The normalized spacial score (nSPS) is 19.9. The number of hydrogen-bond donors (Lipinski definition) is 2. The minimum Gasteiger partial charge on any atom is -0.495 e. The van der Waals surface area contributed by atoms with Gasteiger partial charge in [0.15, 0.2) is 6.04 Å². The molecule has 0 unspecified atom stereocenters. The third-order valence-electron chi connectivity index (χ3n) is 6.14. The summed E-state index contributed by atoms with van der Waals surface area (Å²) in [6, 6.07) is 8.26. The molecule has 2 aliphatic rings. The fraction of sp³-hybridized carbons (Fsp3) is 0.381. The predicted molar refractivity (Wildman–Crippen MR) is 111 cm³/mol. The Labute approximate surface area is 169 Å². The fourth-order valence-corrected chi connectivity index (χ4v) is 4.46. The number of benzene rings is 1. The molecule has 1 atom stereocenters. The van der Waals surface area contributed by atoms with E-state index >= 15 is 0 Å². The van der Waals surface area contributed by atoms with E-state index in [1.54, 1.807) is 18.0 Å². The van der Waals surface area contributed by atoms with Crippen LogP contribution in [0.25, 0.3) is 0 Å².